The molecular weight excluding hydrogens is 274 g/mol. The van der Waals surface area contributed by atoms with Gasteiger partial charge < -0.3 is 9.47 Å². The predicted octanol–water partition coefficient (Wildman–Crippen LogP) is 3.48. The minimum absolute atomic E-state index is 0.747. The summed E-state index contributed by atoms with van der Waals surface area (Å²) < 4.78 is 10.7. The van der Waals surface area contributed by atoms with Gasteiger partial charge >= 0.3 is 0 Å². The van der Waals surface area contributed by atoms with Crippen molar-refractivity contribution in [3.63, 3.8) is 0 Å². The molecule has 0 fully saturated rings. The summed E-state index contributed by atoms with van der Waals surface area (Å²) in [4.78, 5) is 4.22. The molecule has 2 aromatic rings. The van der Waals surface area contributed by atoms with Crippen LogP contribution in [0.5, 0.6) is 11.5 Å². The largest absolute Gasteiger partial charge is 0.493 e. The minimum atomic E-state index is 0.747. The molecule has 3 nitrogen and oxygen atoms in total. The van der Waals surface area contributed by atoms with Crippen LogP contribution >= 0.6 is 0 Å². The number of hydrogen-bond acceptors (Lipinski definition) is 3. The Balaban J connectivity index is 1.92. The van der Waals surface area contributed by atoms with E-state index in [9.17, 15) is 0 Å². The van der Waals surface area contributed by atoms with E-state index < -0.39 is 0 Å². The van der Waals surface area contributed by atoms with E-state index >= 15 is 0 Å². The smallest absolute Gasteiger partial charge is 0.161 e. The second kappa shape index (κ2) is 6.36. The highest BCUT2D eigenvalue weighted by atomic mass is 16.5. The number of aromatic nitrogens is 1. The number of pyridine rings is 1. The second-order valence-corrected chi connectivity index (χ2v) is 5.04. The van der Waals surface area contributed by atoms with Crippen LogP contribution in [0.3, 0.4) is 0 Å². The van der Waals surface area contributed by atoms with Gasteiger partial charge in [0.05, 0.1) is 14.2 Å². The monoisotopic (exact) mass is 291 g/mol. The highest BCUT2D eigenvalue weighted by Crippen LogP contribution is 2.34. The Hall–Kier alpha value is -2.73. The summed E-state index contributed by atoms with van der Waals surface area (Å²) in [5.41, 5.74) is 4.32. The van der Waals surface area contributed by atoms with Crippen molar-refractivity contribution in [2.45, 2.75) is 12.8 Å². The summed E-state index contributed by atoms with van der Waals surface area (Å²) in [5, 5.41) is 0. The van der Waals surface area contributed by atoms with Gasteiger partial charge in [-0.1, -0.05) is 12.0 Å². The number of hydrogen-bond donors (Lipinski definition) is 0. The van der Waals surface area contributed by atoms with Gasteiger partial charge in [-0.05, 0) is 60.2 Å². The van der Waals surface area contributed by atoms with Gasteiger partial charge in [0.2, 0.25) is 0 Å². The third-order valence-corrected chi connectivity index (χ3v) is 3.65. The first-order valence-corrected chi connectivity index (χ1v) is 7.18. The summed E-state index contributed by atoms with van der Waals surface area (Å²) in [6, 6.07) is 9.81. The van der Waals surface area contributed by atoms with E-state index in [0.717, 1.165) is 41.2 Å². The third kappa shape index (κ3) is 2.96. The van der Waals surface area contributed by atoms with Gasteiger partial charge in [0.1, 0.15) is 5.69 Å². The van der Waals surface area contributed by atoms with Crippen molar-refractivity contribution < 1.29 is 9.47 Å². The number of methoxy groups -OCH3 is 2. The normalized spacial score (nSPS) is 12.5. The zero-order chi connectivity index (χ0) is 15.4. The van der Waals surface area contributed by atoms with Crippen LogP contribution in [-0.2, 0) is 6.42 Å². The van der Waals surface area contributed by atoms with Crippen LogP contribution in [0.1, 0.15) is 23.2 Å². The molecular formula is C19H17NO2. The van der Waals surface area contributed by atoms with Crippen LogP contribution in [0.2, 0.25) is 0 Å². The zero-order valence-corrected chi connectivity index (χ0v) is 12.7. The molecule has 3 heteroatoms. The lowest BCUT2D eigenvalue weighted by atomic mass is 9.92. The molecule has 0 aliphatic heterocycles. The molecule has 1 aliphatic carbocycles. The van der Waals surface area contributed by atoms with Crippen molar-refractivity contribution in [2.75, 3.05) is 14.2 Å². The number of ether oxygens (including phenoxy) is 2. The summed E-state index contributed by atoms with van der Waals surface area (Å²) >= 11 is 0. The fraction of sp³-hybridized carbons (Fsp3) is 0.211. The Morgan fingerprint density at radius 2 is 1.82 bits per heavy atom. The molecule has 1 aliphatic rings. The van der Waals surface area contributed by atoms with Gasteiger partial charge in [-0.2, -0.15) is 0 Å². The molecule has 1 heterocycles. The Morgan fingerprint density at radius 3 is 2.55 bits per heavy atom. The predicted molar refractivity (Wildman–Crippen MR) is 87.0 cm³/mol. The summed E-state index contributed by atoms with van der Waals surface area (Å²) in [5.74, 6) is 7.85. The lowest BCUT2D eigenvalue weighted by Crippen LogP contribution is -2.01. The Labute approximate surface area is 130 Å². The number of benzene rings is 1. The molecule has 0 bridgehead atoms. The van der Waals surface area contributed by atoms with Crippen LogP contribution in [-0.4, -0.2) is 19.2 Å². The summed E-state index contributed by atoms with van der Waals surface area (Å²) in [6.07, 6.45) is 5.77. The van der Waals surface area contributed by atoms with E-state index in [4.69, 9.17) is 9.47 Å². The minimum Gasteiger partial charge on any atom is -0.493 e. The van der Waals surface area contributed by atoms with Crippen molar-refractivity contribution in [1.82, 2.24) is 4.98 Å². The number of allylic oxidation sites excluding steroid dienone is 1. The average molecular weight is 291 g/mol. The number of rotatable bonds is 2. The van der Waals surface area contributed by atoms with Crippen molar-refractivity contribution in [3.05, 3.63) is 58.9 Å². The fourth-order valence-electron chi connectivity index (χ4n) is 2.50. The molecule has 0 amide bonds. The molecule has 110 valence electrons. The Bertz CT molecular complexity index is 767. The first kappa shape index (κ1) is 14.2. The Kier molecular flexibility index (Phi) is 4.11. The van der Waals surface area contributed by atoms with Crippen LogP contribution in [0.4, 0.5) is 0 Å². The SMILES string of the molecule is COc1cc2c(cc1OC)CCC(C#Cc1ccccn1)=C2. The molecule has 1 aromatic carbocycles. The molecule has 0 N–H and O–H groups in total. The van der Waals surface area contributed by atoms with E-state index in [0.29, 0.717) is 0 Å². The van der Waals surface area contributed by atoms with Crippen LogP contribution in [0.15, 0.2) is 42.1 Å². The van der Waals surface area contributed by atoms with Crippen molar-refractivity contribution in [3.8, 4) is 23.3 Å². The molecule has 22 heavy (non-hydrogen) atoms. The number of aryl methyl sites for hydroxylation is 1. The van der Waals surface area contributed by atoms with Crippen molar-refractivity contribution in [1.29, 1.82) is 0 Å². The van der Waals surface area contributed by atoms with E-state index in [1.165, 1.54) is 5.56 Å². The standard InChI is InChI=1S/C19H17NO2/c1-21-18-12-15-8-6-14(11-16(15)13-19(18)22-2)7-9-17-5-3-4-10-20-17/h3-5,10-13H,6,8H2,1-2H3. The van der Waals surface area contributed by atoms with E-state index in [1.54, 1.807) is 20.4 Å². The van der Waals surface area contributed by atoms with Gasteiger partial charge in [-0.25, -0.2) is 4.98 Å². The third-order valence-electron chi connectivity index (χ3n) is 3.65. The van der Waals surface area contributed by atoms with Crippen molar-refractivity contribution >= 4 is 6.08 Å². The molecule has 3 rings (SSSR count). The van der Waals surface area contributed by atoms with Gasteiger partial charge in [-0.15, -0.1) is 0 Å². The first-order chi connectivity index (χ1) is 10.8. The quantitative estimate of drug-likeness (QED) is 0.794. The maximum atomic E-state index is 5.37. The van der Waals surface area contributed by atoms with Gasteiger partial charge in [-0.3, -0.25) is 0 Å². The summed E-state index contributed by atoms with van der Waals surface area (Å²) in [7, 11) is 3.31. The van der Waals surface area contributed by atoms with Gasteiger partial charge in [0.25, 0.3) is 0 Å². The van der Waals surface area contributed by atoms with Crippen molar-refractivity contribution in [2.24, 2.45) is 0 Å². The van der Waals surface area contributed by atoms with Crippen LogP contribution in [0.25, 0.3) is 6.08 Å². The first-order valence-electron chi connectivity index (χ1n) is 7.18. The highest BCUT2D eigenvalue weighted by molar-refractivity contribution is 5.67. The van der Waals surface area contributed by atoms with E-state index in [1.807, 2.05) is 30.3 Å². The summed E-state index contributed by atoms with van der Waals surface area (Å²) in [6.45, 7) is 0. The van der Waals surface area contributed by atoms with Gasteiger partial charge in [0.15, 0.2) is 11.5 Å². The number of nitrogens with zero attached hydrogens (tertiary/aromatic N) is 1. The fourth-order valence-corrected chi connectivity index (χ4v) is 2.50. The van der Waals surface area contributed by atoms with E-state index in [-0.39, 0.29) is 0 Å². The van der Waals surface area contributed by atoms with Crippen LogP contribution in [0, 0.1) is 11.8 Å². The van der Waals surface area contributed by atoms with Crippen LogP contribution < -0.4 is 9.47 Å². The molecule has 0 saturated carbocycles. The topological polar surface area (TPSA) is 31.4 Å². The molecule has 0 spiro atoms. The molecule has 0 saturated heterocycles. The zero-order valence-electron chi connectivity index (χ0n) is 12.7. The highest BCUT2D eigenvalue weighted by Gasteiger charge is 2.14. The maximum Gasteiger partial charge on any atom is 0.161 e. The van der Waals surface area contributed by atoms with E-state index in [2.05, 4.69) is 22.9 Å². The lowest BCUT2D eigenvalue weighted by Gasteiger charge is -2.16. The average Bonchev–Trinajstić information content (AvgIpc) is 2.59. The maximum absolute atomic E-state index is 5.37. The van der Waals surface area contributed by atoms with Gasteiger partial charge in [0, 0.05) is 11.8 Å². The lowest BCUT2D eigenvalue weighted by molar-refractivity contribution is 0.354. The molecule has 0 radical (unpaired) electrons. The molecule has 1 aromatic heterocycles. The Morgan fingerprint density at radius 1 is 1.00 bits per heavy atom. The molecule has 0 atom stereocenters. The second-order valence-electron chi connectivity index (χ2n) is 5.04. The molecule has 0 unspecified atom stereocenters. The number of fused-ring (bicyclic) bond motifs is 1.